The van der Waals surface area contributed by atoms with Crippen LogP contribution in [0.4, 0.5) is 5.69 Å². The van der Waals surface area contributed by atoms with Crippen molar-refractivity contribution in [2.75, 3.05) is 0 Å². The van der Waals surface area contributed by atoms with Gasteiger partial charge in [-0.25, -0.2) is 0 Å². The van der Waals surface area contributed by atoms with Crippen LogP contribution in [0.25, 0.3) is 0 Å². The lowest BCUT2D eigenvalue weighted by Gasteiger charge is -2.13. The number of hydrogen-bond donors (Lipinski definition) is 0. The molecule has 1 aromatic carbocycles. The van der Waals surface area contributed by atoms with Gasteiger partial charge in [-0.15, -0.1) is 0 Å². The lowest BCUT2D eigenvalue weighted by molar-refractivity contribution is -0.384. The van der Waals surface area contributed by atoms with Gasteiger partial charge in [0.05, 0.1) is 11.0 Å². The molecule has 0 amide bonds. The molecule has 1 heterocycles. The molecule has 0 N–H and O–H groups in total. The first kappa shape index (κ1) is 10.4. The van der Waals surface area contributed by atoms with Crippen molar-refractivity contribution in [3.63, 3.8) is 0 Å². The van der Waals surface area contributed by atoms with Crippen LogP contribution in [0.2, 0.25) is 0 Å². The van der Waals surface area contributed by atoms with Crippen molar-refractivity contribution in [3.05, 3.63) is 64.5 Å². The molecule has 0 aliphatic heterocycles. The van der Waals surface area contributed by atoms with E-state index in [-0.39, 0.29) is 16.7 Å². The molecule has 1 aromatic heterocycles. The van der Waals surface area contributed by atoms with Crippen LogP contribution in [-0.4, -0.2) is 9.49 Å². The molecule has 0 saturated carbocycles. The fourth-order valence-electron chi connectivity index (χ4n) is 1.65. The monoisotopic (exact) mass is 216 g/mol. The van der Waals surface area contributed by atoms with Crippen molar-refractivity contribution >= 4 is 5.69 Å². The molecule has 4 heteroatoms. The van der Waals surface area contributed by atoms with Gasteiger partial charge in [0.25, 0.3) is 5.69 Å². The van der Waals surface area contributed by atoms with E-state index in [4.69, 9.17) is 0 Å². The maximum atomic E-state index is 10.5. The summed E-state index contributed by atoms with van der Waals surface area (Å²) in [6, 6.07) is 10.8. The van der Waals surface area contributed by atoms with Gasteiger partial charge < -0.3 is 4.57 Å². The van der Waals surface area contributed by atoms with E-state index in [2.05, 4.69) is 11.5 Å². The summed E-state index contributed by atoms with van der Waals surface area (Å²) >= 11 is 0. The zero-order valence-corrected chi connectivity index (χ0v) is 8.91. The summed E-state index contributed by atoms with van der Waals surface area (Å²) in [6.07, 6.45) is 3.96. The molecule has 0 radical (unpaired) electrons. The van der Waals surface area contributed by atoms with Crippen LogP contribution >= 0.6 is 0 Å². The average Bonchev–Trinajstić information content (AvgIpc) is 2.81. The molecule has 1 unspecified atom stereocenters. The summed E-state index contributed by atoms with van der Waals surface area (Å²) in [6.45, 7) is 2.06. The van der Waals surface area contributed by atoms with E-state index in [1.54, 1.807) is 12.1 Å². The Bertz CT molecular complexity index is 474. The molecular formula is C12H12N2O2. The number of nitro groups is 1. The Morgan fingerprint density at radius 2 is 1.75 bits per heavy atom. The van der Waals surface area contributed by atoms with Crippen LogP contribution in [0.1, 0.15) is 18.5 Å². The van der Waals surface area contributed by atoms with Crippen molar-refractivity contribution in [1.82, 2.24) is 4.57 Å². The first-order valence-electron chi connectivity index (χ1n) is 5.05. The molecule has 82 valence electrons. The molecule has 0 aliphatic carbocycles. The summed E-state index contributed by atoms with van der Waals surface area (Å²) < 4.78 is 2.06. The van der Waals surface area contributed by atoms with Crippen molar-refractivity contribution in [3.8, 4) is 0 Å². The predicted molar refractivity (Wildman–Crippen MR) is 61.3 cm³/mol. The predicted octanol–water partition coefficient (Wildman–Crippen LogP) is 3.01. The SMILES string of the molecule is CC(c1ccc([N+](=O)[O-])cc1)n1cccc1. The van der Waals surface area contributed by atoms with Crippen molar-refractivity contribution in [1.29, 1.82) is 0 Å². The van der Waals surface area contributed by atoms with Crippen molar-refractivity contribution in [2.24, 2.45) is 0 Å². The number of aromatic nitrogens is 1. The highest BCUT2D eigenvalue weighted by Crippen LogP contribution is 2.20. The largest absolute Gasteiger partial charge is 0.347 e. The fraction of sp³-hybridized carbons (Fsp3) is 0.167. The van der Waals surface area contributed by atoms with Gasteiger partial charge in [0, 0.05) is 24.5 Å². The second-order valence-corrected chi connectivity index (χ2v) is 3.65. The summed E-state index contributed by atoms with van der Waals surface area (Å²) in [5.41, 5.74) is 1.19. The zero-order valence-electron chi connectivity index (χ0n) is 8.91. The normalized spacial score (nSPS) is 12.3. The van der Waals surface area contributed by atoms with Crippen LogP contribution < -0.4 is 0 Å². The minimum absolute atomic E-state index is 0.128. The molecule has 0 aliphatic rings. The Kier molecular flexibility index (Phi) is 2.72. The Balaban J connectivity index is 2.25. The second-order valence-electron chi connectivity index (χ2n) is 3.65. The van der Waals surface area contributed by atoms with Gasteiger partial charge in [-0.1, -0.05) is 12.1 Å². The van der Waals surface area contributed by atoms with Gasteiger partial charge in [0.15, 0.2) is 0 Å². The quantitative estimate of drug-likeness (QED) is 0.585. The van der Waals surface area contributed by atoms with E-state index in [1.807, 2.05) is 24.5 Å². The average molecular weight is 216 g/mol. The number of nitrogens with zero attached hydrogens (tertiary/aromatic N) is 2. The number of rotatable bonds is 3. The van der Waals surface area contributed by atoms with E-state index >= 15 is 0 Å². The topological polar surface area (TPSA) is 48.1 Å². The van der Waals surface area contributed by atoms with E-state index in [0.29, 0.717) is 0 Å². The maximum absolute atomic E-state index is 10.5. The Morgan fingerprint density at radius 3 is 2.25 bits per heavy atom. The van der Waals surface area contributed by atoms with Crippen LogP contribution in [0.15, 0.2) is 48.8 Å². The molecule has 2 aromatic rings. The van der Waals surface area contributed by atoms with Crippen molar-refractivity contribution in [2.45, 2.75) is 13.0 Å². The third kappa shape index (κ3) is 1.95. The maximum Gasteiger partial charge on any atom is 0.269 e. The van der Waals surface area contributed by atoms with E-state index in [0.717, 1.165) is 5.56 Å². The Labute approximate surface area is 93.3 Å². The number of nitro benzene ring substituents is 1. The van der Waals surface area contributed by atoms with Crippen LogP contribution in [0.5, 0.6) is 0 Å². The first-order valence-corrected chi connectivity index (χ1v) is 5.05. The third-order valence-electron chi connectivity index (χ3n) is 2.66. The van der Waals surface area contributed by atoms with E-state index < -0.39 is 0 Å². The van der Waals surface area contributed by atoms with Crippen LogP contribution in [-0.2, 0) is 0 Å². The minimum atomic E-state index is -0.385. The Morgan fingerprint density at radius 1 is 1.19 bits per heavy atom. The highest BCUT2D eigenvalue weighted by molar-refractivity contribution is 5.34. The molecule has 0 spiro atoms. The van der Waals surface area contributed by atoms with Crippen LogP contribution in [0.3, 0.4) is 0 Å². The highest BCUT2D eigenvalue weighted by Gasteiger charge is 2.09. The first-order chi connectivity index (χ1) is 7.68. The summed E-state index contributed by atoms with van der Waals surface area (Å²) in [5, 5.41) is 10.5. The summed E-state index contributed by atoms with van der Waals surface area (Å²) in [7, 11) is 0. The van der Waals surface area contributed by atoms with Gasteiger partial charge in [-0.3, -0.25) is 10.1 Å². The van der Waals surface area contributed by atoms with Crippen molar-refractivity contribution < 1.29 is 4.92 Å². The molecule has 4 nitrogen and oxygen atoms in total. The molecule has 2 rings (SSSR count). The van der Waals surface area contributed by atoms with E-state index in [1.165, 1.54) is 12.1 Å². The summed E-state index contributed by atoms with van der Waals surface area (Å²) in [5.74, 6) is 0. The number of hydrogen-bond acceptors (Lipinski definition) is 2. The molecular weight excluding hydrogens is 204 g/mol. The molecule has 0 fully saturated rings. The van der Waals surface area contributed by atoms with Gasteiger partial charge >= 0.3 is 0 Å². The summed E-state index contributed by atoms with van der Waals surface area (Å²) in [4.78, 5) is 10.1. The second kappa shape index (κ2) is 4.18. The standard InChI is InChI=1S/C12H12N2O2/c1-10(13-8-2-3-9-13)11-4-6-12(7-5-11)14(15)16/h2-10H,1H3. The molecule has 0 bridgehead atoms. The highest BCUT2D eigenvalue weighted by atomic mass is 16.6. The lowest BCUT2D eigenvalue weighted by Crippen LogP contribution is -2.03. The molecule has 1 atom stereocenters. The number of benzene rings is 1. The third-order valence-corrected chi connectivity index (χ3v) is 2.66. The fourth-order valence-corrected chi connectivity index (χ4v) is 1.65. The number of non-ortho nitro benzene ring substituents is 1. The van der Waals surface area contributed by atoms with E-state index in [9.17, 15) is 10.1 Å². The Hall–Kier alpha value is -2.10. The van der Waals surface area contributed by atoms with Gasteiger partial charge in [-0.05, 0) is 24.6 Å². The molecule has 16 heavy (non-hydrogen) atoms. The van der Waals surface area contributed by atoms with Gasteiger partial charge in [0.1, 0.15) is 0 Å². The van der Waals surface area contributed by atoms with Gasteiger partial charge in [0.2, 0.25) is 0 Å². The minimum Gasteiger partial charge on any atom is -0.347 e. The van der Waals surface area contributed by atoms with Crippen LogP contribution in [0, 0.1) is 10.1 Å². The van der Waals surface area contributed by atoms with Gasteiger partial charge in [-0.2, -0.15) is 0 Å². The molecule has 0 saturated heterocycles. The zero-order chi connectivity index (χ0) is 11.5. The smallest absolute Gasteiger partial charge is 0.269 e. The lowest BCUT2D eigenvalue weighted by atomic mass is 10.1.